The summed E-state index contributed by atoms with van der Waals surface area (Å²) in [6, 6.07) is 13.3. The number of aryl methyl sites for hydroxylation is 1. The number of anilines is 2. The Labute approximate surface area is 135 Å². The predicted octanol–water partition coefficient (Wildman–Crippen LogP) is 3.16. The lowest BCUT2D eigenvalue weighted by Gasteiger charge is -2.20. The van der Waals surface area contributed by atoms with Gasteiger partial charge in [-0.3, -0.25) is 4.79 Å². The molecule has 1 amide bonds. The summed E-state index contributed by atoms with van der Waals surface area (Å²) in [5, 5.41) is 15.5. The van der Waals surface area contributed by atoms with E-state index in [0.717, 1.165) is 18.5 Å². The van der Waals surface area contributed by atoms with Gasteiger partial charge in [0.1, 0.15) is 11.5 Å². The van der Waals surface area contributed by atoms with Crippen LogP contribution in [0.3, 0.4) is 0 Å². The van der Waals surface area contributed by atoms with Gasteiger partial charge in [0, 0.05) is 17.8 Å². The van der Waals surface area contributed by atoms with Gasteiger partial charge < -0.3 is 20.5 Å². The molecule has 0 radical (unpaired) electrons. The molecule has 1 aliphatic heterocycles. The van der Waals surface area contributed by atoms with Crippen molar-refractivity contribution in [3.63, 3.8) is 0 Å². The number of hydrogen-bond donors (Lipinski definition) is 3. The van der Waals surface area contributed by atoms with Crippen LogP contribution in [-0.2, 0) is 11.2 Å². The molecule has 0 fully saturated rings. The van der Waals surface area contributed by atoms with Crippen LogP contribution in [0.5, 0.6) is 11.5 Å². The highest BCUT2D eigenvalue weighted by Crippen LogP contribution is 2.30. The number of phenols is 1. The molecule has 23 heavy (non-hydrogen) atoms. The maximum absolute atomic E-state index is 11.3. The number of rotatable bonds is 5. The molecule has 1 atom stereocenters. The Kier molecular flexibility index (Phi) is 4.37. The first-order valence-electron chi connectivity index (χ1n) is 7.71. The summed E-state index contributed by atoms with van der Waals surface area (Å²) in [4.78, 5) is 11.3. The molecule has 3 rings (SSSR count). The summed E-state index contributed by atoms with van der Waals surface area (Å²) in [5.41, 5.74) is 2.88. The van der Waals surface area contributed by atoms with Crippen molar-refractivity contribution < 1.29 is 14.6 Å². The molecule has 0 aromatic heterocycles. The van der Waals surface area contributed by atoms with Gasteiger partial charge in [0.15, 0.2) is 6.61 Å². The molecule has 0 saturated carbocycles. The van der Waals surface area contributed by atoms with Crippen molar-refractivity contribution in [3.8, 4) is 11.5 Å². The second-order valence-electron chi connectivity index (χ2n) is 5.80. The monoisotopic (exact) mass is 312 g/mol. The van der Waals surface area contributed by atoms with Crippen LogP contribution in [0.25, 0.3) is 0 Å². The second-order valence-corrected chi connectivity index (χ2v) is 5.80. The zero-order valence-corrected chi connectivity index (χ0v) is 13.0. The largest absolute Gasteiger partial charge is 0.508 e. The van der Waals surface area contributed by atoms with Gasteiger partial charge in [0.25, 0.3) is 5.91 Å². The van der Waals surface area contributed by atoms with Crippen molar-refractivity contribution in [2.75, 3.05) is 17.2 Å². The molecule has 0 bridgehead atoms. The molecule has 0 saturated heterocycles. The minimum Gasteiger partial charge on any atom is -0.508 e. The van der Waals surface area contributed by atoms with E-state index in [2.05, 4.69) is 17.6 Å². The van der Waals surface area contributed by atoms with Crippen molar-refractivity contribution in [3.05, 3.63) is 48.0 Å². The number of phenolic OH excluding ortho intramolecular Hbond substituents is 1. The Morgan fingerprint density at radius 3 is 2.83 bits per heavy atom. The Morgan fingerprint density at radius 2 is 2.04 bits per heavy atom. The van der Waals surface area contributed by atoms with Gasteiger partial charge >= 0.3 is 0 Å². The van der Waals surface area contributed by atoms with Crippen LogP contribution in [0.4, 0.5) is 11.4 Å². The Balaban J connectivity index is 1.56. The fourth-order valence-corrected chi connectivity index (χ4v) is 2.57. The molecule has 0 aliphatic carbocycles. The molecular weight excluding hydrogens is 292 g/mol. The molecule has 5 heteroatoms. The van der Waals surface area contributed by atoms with Crippen LogP contribution in [0, 0.1) is 0 Å². The van der Waals surface area contributed by atoms with Crippen molar-refractivity contribution >= 4 is 17.3 Å². The van der Waals surface area contributed by atoms with E-state index in [-0.39, 0.29) is 12.5 Å². The summed E-state index contributed by atoms with van der Waals surface area (Å²) >= 11 is 0. The van der Waals surface area contributed by atoms with Crippen LogP contribution in [0.15, 0.2) is 42.5 Å². The van der Waals surface area contributed by atoms with E-state index in [0.29, 0.717) is 23.2 Å². The third-order valence-electron chi connectivity index (χ3n) is 3.83. The fraction of sp³-hybridized carbons (Fsp3) is 0.278. The highest BCUT2D eigenvalue weighted by molar-refractivity contribution is 5.95. The normalized spacial score (nSPS) is 14.4. The van der Waals surface area contributed by atoms with Crippen molar-refractivity contribution in [1.82, 2.24) is 0 Å². The summed E-state index contributed by atoms with van der Waals surface area (Å²) < 4.78 is 5.42. The van der Waals surface area contributed by atoms with Crippen LogP contribution in [0.1, 0.15) is 18.9 Å². The molecule has 5 nitrogen and oxygen atoms in total. The standard InChI is InChI=1S/C18H20N2O3/c1-12(2-3-13-4-7-15(21)8-5-13)19-14-6-9-16-17(10-14)23-11-18(22)20-16/h4-10,12,19,21H,2-3,11H2,1H3,(H,20,22)/t12-/m0/s1. The number of fused-ring (bicyclic) bond motifs is 1. The maximum atomic E-state index is 11.3. The number of carbonyl (C=O) groups is 1. The SMILES string of the molecule is C[C@@H](CCc1ccc(O)cc1)Nc1ccc2c(c1)OCC(=O)N2. The summed E-state index contributed by atoms with van der Waals surface area (Å²) in [7, 11) is 0. The summed E-state index contributed by atoms with van der Waals surface area (Å²) in [5.74, 6) is 0.863. The molecular formula is C18H20N2O3. The minimum absolute atomic E-state index is 0.0624. The molecule has 3 N–H and O–H groups in total. The second kappa shape index (κ2) is 6.60. The average molecular weight is 312 g/mol. The highest BCUT2D eigenvalue weighted by atomic mass is 16.5. The number of benzene rings is 2. The Hall–Kier alpha value is -2.69. The first-order chi connectivity index (χ1) is 11.1. The average Bonchev–Trinajstić information content (AvgIpc) is 2.54. The zero-order chi connectivity index (χ0) is 16.2. The van der Waals surface area contributed by atoms with E-state index in [1.165, 1.54) is 5.56 Å². The van der Waals surface area contributed by atoms with Crippen molar-refractivity contribution in [2.45, 2.75) is 25.8 Å². The summed E-state index contributed by atoms with van der Waals surface area (Å²) in [6.45, 7) is 2.19. The number of carbonyl (C=O) groups excluding carboxylic acids is 1. The van der Waals surface area contributed by atoms with Gasteiger partial charge in [0.05, 0.1) is 5.69 Å². The van der Waals surface area contributed by atoms with Gasteiger partial charge in [0.2, 0.25) is 0 Å². The van der Waals surface area contributed by atoms with E-state index < -0.39 is 0 Å². The number of ether oxygens (including phenoxy) is 1. The van der Waals surface area contributed by atoms with E-state index in [1.54, 1.807) is 12.1 Å². The lowest BCUT2D eigenvalue weighted by Crippen LogP contribution is -2.25. The quantitative estimate of drug-likeness (QED) is 0.793. The molecule has 0 spiro atoms. The van der Waals surface area contributed by atoms with Crippen LogP contribution in [-0.4, -0.2) is 23.7 Å². The Bertz CT molecular complexity index is 698. The molecule has 1 heterocycles. The fourth-order valence-electron chi connectivity index (χ4n) is 2.57. The molecule has 2 aromatic carbocycles. The number of nitrogens with one attached hydrogen (secondary N) is 2. The first-order valence-corrected chi connectivity index (χ1v) is 7.71. The minimum atomic E-state index is -0.125. The van der Waals surface area contributed by atoms with E-state index in [4.69, 9.17) is 4.74 Å². The first kappa shape index (κ1) is 15.2. The molecule has 0 unspecified atom stereocenters. The summed E-state index contributed by atoms with van der Waals surface area (Å²) in [6.07, 6.45) is 1.91. The zero-order valence-electron chi connectivity index (χ0n) is 13.0. The smallest absolute Gasteiger partial charge is 0.262 e. The molecule has 1 aliphatic rings. The highest BCUT2D eigenvalue weighted by Gasteiger charge is 2.16. The number of hydrogen-bond acceptors (Lipinski definition) is 4. The maximum Gasteiger partial charge on any atom is 0.262 e. The van der Waals surface area contributed by atoms with Gasteiger partial charge in [-0.15, -0.1) is 0 Å². The molecule has 2 aromatic rings. The van der Waals surface area contributed by atoms with E-state index in [9.17, 15) is 9.90 Å². The predicted molar refractivity (Wildman–Crippen MR) is 90.1 cm³/mol. The Morgan fingerprint density at radius 1 is 1.26 bits per heavy atom. The lowest BCUT2D eigenvalue weighted by molar-refractivity contribution is -0.118. The van der Waals surface area contributed by atoms with Crippen molar-refractivity contribution in [1.29, 1.82) is 0 Å². The van der Waals surface area contributed by atoms with Crippen LogP contribution in [0.2, 0.25) is 0 Å². The van der Waals surface area contributed by atoms with Gasteiger partial charge in [-0.1, -0.05) is 12.1 Å². The van der Waals surface area contributed by atoms with E-state index >= 15 is 0 Å². The third kappa shape index (κ3) is 3.94. The van der Waals surface area contributed by atoms with Crippen molar-refractivity contribution in [2.24, 2.45) is 0 Å². The molecule has 120 valence electrons. The number of aromatic hydroxyl groups is 1. The third-order valence-corrected chi connectivity index (χ3v) is 3.83. The lowest BCUT2D eigenvalue weighted by atomic mass is 10.1. The van der Waals surface area contributed by atoms with Gasteiger partial charge in [-0.05, 0) is 49.6 Å². The number of amides is 1. The van der Waals surface area contributed by atoms with Crippen LogP contribution < -0.4 is 15.4 Å². The van der Waals surface area contributed by atoms with E-state index in [1.807, 2.05) is 30.3 Å². The topological polar surface area (TPSA) is 70.6 Å². The van der Waals surface area contributed by atoms with Gasteiger partial charge in [-0.25, -0.2) is 0 Å². The van der Waals surface area contributed by atoms with Gasteiger partial charge in [-0.2, -0.15) is 0 Å². The van der Waals surface area contributed by atoms with Crippen LogP contribution >= 0.6 is 0 Å².